The van der Waals surface area contributed by atoms with Gasteiger partial charge in [-0.1, -0.05) is 6.07 Å². The van der Waals surface area contributed by atoms with Gasteiger partial charge in [-0.3, -0.25) is 9.69 Å². The van der Waals surface area contributed by atoms with Gasteiger partial charge in [0.1, 0.15) is 24.3 Å². The lowest BCUT2D eigenvalue weighted by Gasteiger charge is -2.31. The maximum atomic E-state index is 13.0. The van der Waals surface area contributed by atoms with E-state index in [9.17, 15) is 9.18 Å². The van der Waals surface area contributed by atoms with Crippen molar-refractivity contribution in [3.63, 3.8) is 0 Å². The third kappa shape index (κ3) is 5.32. The van der Waals surface area contributed by atoms with Gasteiger partial charge in [-0.25, -0.2) is 4.39 Å². The summed E-state index contributed by atoms with van der Waals surface area (Å²) in [6, 6.07) is 5.99. The number of carbonyl (C=O) groups is 1. The summed E-state index contributed by atoms with van der Waals surface area (Å²) in [6.45, 7) is 4.57. The number of rotatable bonds is 6. The van der Waals surface area contributed by atoms with E-state index in [0.29, 0.717) is 38.7 Å². The van der Waals surface area contributed by atoms with Gasteiger partial charge in [0.05, 0.1) is 19.8 Å². The molecule has 0 aromatic heterocycles. The fourth-order valence-electron chi connectivity index (χ4n) is 2.16. The third-order valence-electron chi connectivity index (χ3n) is 3.11. The summed E-state index contributed by atoms with van der Waals surface area (Å²) >= 11 is 0. The van der Waals surface area contributed by atoms with Crippen LogP contribution in [0.1, 0.15) is 6.92 Å². The van der Waals surface area contributed by atoms with Crippen molar-refractivity contribution < 1.29 is 23.4 Å². The highest BCUT2D eigenvalue weighted by atomic mass is 19.1. The average Bonchev–Trinajstić information content (AvgIpc) is 2.46. The summed E-state index contributed by atoms with van der Waals surface area (Å²) < 4.78 is 29.1. The minimum Gasteiger partial charge on any atom is -0.491 e. The molecule has 0 aliphatic carbocycles. The first-order valence-electron chi connectivity index (χ1n) is 7.05. The number of benzene rings is 1. The zero-order chi connectivity index (χ0) is 15.1. The zero-order valence-electron chi connectivity index (χ0n) is 12.1. The zero-order valence-corrected chi connectivity index (χ0v) is 12.1. The molecule has 6 heteroatoms. The third-order valence-corrected chi connectivity index (χ3v) is 3.11. The molecule has 5 nitrogen and oxygen atoms in total. The van der Waals surface area contributed by atoms with E-state index in [1.54, 1.807) is 19.1 Å². The molecule has 21 heavy (non-hydrogen) atoms. The molecule has 2 rings (SSSR count). The van der Waals surface area contributed by atoms with Crippen LogP contribution in [0.3, 0.4) is 0 Å². The van der Waals surface area contributed by atoms with Crippen LogP contribution in [0.25, 0.3) is 0 Å². The summed E-state index contributed by atoms with van der Waals surface area (Å²) in [4.78, 5) is 13.4. The Balaban J connectivity index is 1.77. The van der Waals surface area contributed by atoms with Crippen molar-refractivity contribution in [2.75, 3.05) is 39.5 Å². The Hall–Kier alpha value is -1.66. The molecule has 0 amide bonds. The van der Waals surface area contributed by atoms with Crippen molar-refractivity contribution in [3.8, 4) is 5.75 Å². The Morgan fingerprint density at radius 1 is 1.52 bits per heavy atom. The molecular formula is C15H20FNO4. The average molecular weight is 297 g/mol. The van der Waals surface area contributed by atoms with E-state index < -0.39 is 0 Å². The molecule has 0 N–H and O–H groups in total. The van der Waals surface area contributed by atoms with Gasteiger partial charge in [-0.15, -0.1) is 0 Å². The quantitative estimate of drug-likeness (QED) is 0.744. The van der Waals surface area contributed by atoms with Crippen LogP contribution in [0, 0.1) is 5.82 Å². The van der Waals surface area contributed by atoms with Crippen molar-refractivity contribution in [3.05, 3.63) is 30.1 Å². The fourth-order valence-corrected chi connectivity index (χ4v) is 2.16. The minimum atomic E-state index is -0.332. The second kappa shape index (κ2) is 7.95. The maximum absolute atomic E-state index is 13.0. The first-order valence-corrected chi connectivity index (χ1v) is 7.05. The maximum Gasteiger partial charge on any atom is 0.320 e. The summed E-state index contributed by atoms with van der Waals surface area (Å²) in [5.74, 6) is -0.0914. The summed E-state index contributed by atoms with van der Waals surface area (Å²) in [6.07, 6.45) is -0.142. The van der Waals surface area contributed by atoms with E-state index >= 15 is 0 Å². The summed E-state index contributed by atoms with van der Waals surface area (Å²) in [5.41, 5.74) is 0. The second-order valence-corrected chi connectivity index (χ2v) is 4.80. The van der Waals surface area contributed by atoms with Gasteiger partial charge in [-0.2, -0.15) is 0 Å². The van der Waals surface area contributed by atoms with Crippen LogP contribution in [0.4, 0.5) is 4.39 Å². The molecule has 1 aromatic carbocycles. The molecule has 1 aliphatic rings. The fraction of sp³-hybridized carbons (Fsp3) is 0.533. The van der Waals surface area contributed by atoms with Crippen LogP contribution in [0.5, 0.6) is 5.75 Å². The number of morpholine rings is 1. The monoisotopic (exact) mass is 297 g/mol. The van der Waals surface area contributed by atoms with Crippen LogP contribution in [0.2, 0.25) is 0 Å². The lowest BCUT2D eigenvalue weighted by Crippen LogP contribution is -2.47. The normalized spacial score (nSPS) is 19.2. The van der Waals surface area contributed by atoms with E-state index in [4.69, 9.17) is 14.2 Å². The van der Waals surface area contributed by atoms with Gasteiger partial charge in [0.25, 0.3) is 0 Å². The Bertz CT molecular complexity index is 469. The summed E-state index contributed by atoms with van der Waals surface area (Å²) in [7, 11) is 0. The van der Waals surface area contributed by atoms with Gasteiger partial charge in [0.15, 0.2) is 0 Å². The highest BCUT2D eigenvalue weighted by molar-refractivity contribution is 5.71. The van der Waals surface area contributed by atoms with Crippen LogP contribution >= 0.6 is 0 Å². The van der Waals surface area contributed by atoms with Crippen molar-refractivity contribution in [2.45, 2.75) is 13.0 Å². The molecule has 1 fully saturated rings. The predicted octanol–water partition coefficient (Wildman–Crippen LogP) is 1.47. The van der Waals surface area contributed by atoms with Crippen LogP contribution in [-0.4, -0.2) is 56.4 Å². The smallest absolute Gasteiger partial charge is 0.320 e. The second-order valence-electron chi connectivity index (χ2n) is 4.80. The minimum absolute atomic E-state index is 0.142. The molecule has 116 valence electrons. The highest BCUT2D eigenvalue weighted by Gasteiger charge is 2.23. The van der Waals surface area contributed by atoms with Gasteiger partial charge >= 0.3 is 5.97 Å². The highest BCUT2D eigenvalue weighted by Crippen LogP contribution is 2.14. The molecule has 0 saturated carbocycles. The molecular weight excluding hydrogens is 277 g/mol. The van der Waals surface area contributed by atoms with E-state index in [1.807, 2.05) is 4.90 Å². The lowest BCUT2D eigenvalue weighted by atomic mass is 10.3. The number of hydrogen-bond donors (Lipinski definition) is 0. The number of esters is 1. The van der Waals surface area contributed by atoms with Gasteiger partial charge in [-0.05, 0) is 19.1 Å². The lowest BCUT2D eigenvalue weighted by molar-refractivity contribution is -0.146. The topological polar surface area (TPSA) is 48.0 Å². The van der Waals surface area contributed by atoms with Gasteiger partial charge in [0, 0.05) is 19.2 Å². The Kier molecular flexibility index (Phi) is 5.95. The predicted molar refractivity (Wildman–Crippen MR) is 74.7 cm³/mol. The van der Waals surface area contributed by atoms with Crippen molar-refractivity contribution >= 4 is 5.97 Å². The number of ether oxygens (including phenoxy) is 3. The SMILES string of the molecule is CCOC(=O)CN1CCO[C@H](COc2cccc(F)c2)C1. The number of halogens is 1. The number of nitrogens with zero attached hydrogens (tertiary/aromatic N) is 1. The van der Waals surface area contributed by atoms with Gasteiger partial charge in [0.2, 0.25) is 0 Å². The van der Waals surface area contributed by atoms with E-state index in [2.05, 4.69) is 0 Å². The van der Waals surface area contributed by atoms with Crippen LogP contribution in [-0.2, 0) is 14.3 Å². The largest absolute Gasteiger partial charge is 0.491 e. The number of carbonyl (C=O) groups excluding carboxylic acids is 1. The molecule has 1 aliphatic heterocycles. The standard InChI is InChI=1S/C15H20FNO4/c1-2-19-15(18)10-17-6-7-20-14(9-17)11-21-13-5-3-4-12(16)8-13/h3-5,8,14H,2,6-7,9-11H2,1H3/t14-/m0/s1. The van der Waals surface area contributed by atoms with Crippen molar-refractivity contribution in [2.24, 2.45) is 0 Å². The molecule has 1 aromatic rings. The van der Waals surface area contributed by atoms with Crippen LogP contribution in [0.15, 0.2) is 24.3 Å². The molecule has 1 saturated heterocycles. The first-order chi connectivity index (χ1) is 10.2. The molecule has 0 spiro atoms. The van der Waals surface area contributed by atoms with Crippen molar-refractivity contribution in [1.82, 2.24) is 4.90 Å². The van der Waals surface area contributed by atoms with E-state index in [-0.39, 0.29) is 24.4 Å². The Morgan fingerprint density at radius 2 is 2.38 bits per heavy atom. The van der Waals surface area contributed by atoms with E-state index in [0.717, 1.165) is 0 Å². The van der Waals surface area contributed by atoms with Gasteiger partial charge < -0.3 is 14.2 Å². The molecule has 0 bridgehead atoms. The van der Waals surface area contributed by atoms with Crippen molar-refractivity contribution in [1.29, 1.82) is 0 Å². The molecule has 1 heterocycles. The molecule has 1 atom stereocenters. The molecule has 0 radical (unpaired) electrons. The van der Waals surface area contributed by atoms with Crippen LogP contribution < -0.4 is 4.74 Å². The summed E-state index contributed by atoms with van der Waals surface area (Å²) in [5, 5.41) is 0. The van der Waals surface area contributed by atoms with E-state index in [1.165, 1.54) is 12.1 Å². The molecule has 0 unspecified atom stereocenters. The Labute approximate surface area is 123 Å². The number of hydrogen-bond acceptors (Lipinski definition) is 5. The Morgan fingerprint density at radius 3 is 3.14 bits per heavy atom. The first kappa shape index (κ1) is 15.7.